The molecule has 5 heteroatoms. The van der Waals surface area contributed by atoms with Gasteiger partial charge in [-0.2, -0.15) is 0 Å². The number of anilines is 2. The molecule has 0 spiro atoms. The third kappa shape index (κ3) is 4.29. The molecular weight excluding hydrogens is 414 g/mol. The van der Waals surface area contributed by atoms with Gasteiger partial charge in [0.05, 0.1) is 18.9 Å². The number of morpholine rings is 1. The van der Waals surface area contributed by atoms with Crippen molar-refractivity contribution < 1.29 is 4.74 Å². The molecule has 4 aromatic carbocycles. The molecule has 4 aromatic rings. The average Bonchev–Trinajstić information content (AvgIpc) is 2.83. The van der Waals surface area contributed by atoms with Crippen LogP contribution in [-0.4, -0.2) is 45.3 Å². The Balaban J connectivity index is 1.43. The lowest BCUT2D eigenvalue weighted by Crippen LogP contribution is -2.35. The summed E-state index contributed by atoms with van der Waals surface area (Å²) >= 11 is 1.68. The SMILES string of the molecule is CN(C)c1cccc2c(SNc3ccc(CN4CCOCC4)c4ccccc34)cccc12. The predicted octanol–water partition coefficient (Wildman–Crippen LogP) is 6.01. The van der Waals surface area contributed by atoms with E-state index in [1.165, 1.54) is 37.7 Å². The normalized spacial score (nSPS) is 14.7. The van der Waals surface area contributed by atoms with Gasteiger partial charge in [0.25, 0.3) is 0 Å². The molecule has 0 atom stereocenters. The maximum absolute atomic E-state index is 5.51. The van der Waals surface area contributed by atoms with E-state index in [4.69, 9.17) is 4.74 Å². The van der Waals surface area contributed by atoms with E-state index in [9.17, 15) is 0 Å². The summed E-state index contributed by atoms with van der Waals surface area (Å²) in [5, 5.41) is 5.12. The van der Waals surface area contributed by atoms with Crippen molar-refractivity contribution in [3.63, 3.8) is 0 Å². The van der Waals surface area contributed by atoms with Crippen molar-refractivity contribution in [3.8, 4) is 0 Å². The van der Waals surface area contributed by atoms with E-state index in [1.54, 1.807) is 11.9 Å². The van der Waals surface area contributed by atoms with Crippen molar-refractivity contribution >= 4 is 44.9 Å². The van der Waals surface area contributed by atoms with Gasteiger partial charge in [-0.3, -0.25) is 4.90 Å². The number of benzene rings is 4. The van der Waals surface area contributed by atoms with E-state index < -0.39 is 0 Å². The molecule has 0 bridgehead atoms. The minimum Gasteiger partial charge on any atom is -0.379 e. The van der Waals surface area contributed by atoms with Gasteiger partial charge in [-0.25, -0.2) is 0 Å². The molecule has 0 unspecified atom stereocenters. The number of rotatable bonds is 6. The third-order valence-corrected chi connectivity index (χ3v) is 7.02. The van der Waals surface area contributed by atoms with E-state index >= 15 is 0 Å². The summed E-state index contributed by atoms with van der Waals surface area (Å²) in [7, 11) is 4.19. The standard InChI is InChI=1S/C27H29N3OS/c1-29(2)26-11-5-10-24-23(26)9-6-12-27(24)32-28-25-14-13-20(19-30-15-17-31-18-16-30)21-7-3-4-8-22(21)25/h3-14,28H,15-19H2,1-2H3. The van der Waals surface area contributed by atoms with Crippen molar-refractivity contribution in [3.05, 3.63) is 78.4 Å². The van der Waals surface area contributed by atoms with E-state index in [2.05, 4.69) is 101 Å². The molecule has 0 aliphatic carbocycles. The molecule has 164 valence electrons. The summed E-state index contributed by atoms with van der Waals surface area (Å²) in [6, 6.07) is 26.2. The minimum absolute atomic E-state index is 0.828. The maximum Gasteiger partial charge on any atom is 0.0594 e. The van der Waals surface area contributed by atoms with Crippen molar-refractivity contribution in [2.45, 2.75) is 11.4 Å². The lowest BCUT2D eigenvalue weighted by atomic mass is 10.0. The van der Waals surface area contributed by atoms with E-state index in [0.717, 1.165) is 38.5 Å². The van der Waals surface area contributed by atoms with Crippen LogP contribution < -0.4 is 9.62 Å². The molecule has 1 N–H and O–H groups in total. The first kappa shape index (κ1) is 21.1. The van der Waals surface area contributed by atoms with E-state index in [0.29, 0.717) is 0 Å². The van der Waals surface area contributed by atoms with Gasteiger partial charge in [0.2, 0.25) is 0 Å². The fraction of sp³-hybridized carbons (Fsp3) is 0.259. The largest absolute Gasteiger partial charge is 0.379 e. The first-order valence-electron chi connectivity index (χ1n) is 11.1. The Morgan fingerprint density at radius 3 is 2.34 bits per heavy atom. The van der Waals surface area contributed by atoms with Gasteiger partial charge in [-0.05, 0) is 46.5 Å². The Morgan fingerprint density at radius 1 is 0.812 bits per heavy atom. The second-order valence-electron chi connectivity index (χ2n) is 8.43. The highest BCUT2D eigenvalue weighted by molar-refractivity contribution is 8.00. The van der Waals surface area contributed by atoms with Gasteiger partial charge in [-0.15, -0.1) is 0 Å². The Hall–Kier alpha value is -2.73. The zero-order chi connectivity index (χ0) is 21.9. The van der Waals surface area contributed by atoms with Crippen LogP contribution in [0.2, 0.25) is 0 Å². The Labute approximate surface area is 194 Å². The number of nitrogens with one attached hydrogen (secondary N) is 1. The van der Waals surface area contributed by atoms with Gasteiger partial charge in [0.1, 0.15) is 0 Å². The summed E-state index contributed by atoms with van der Waals surface area (Å²) < 4.78 is 9.16. The molecule has 1 heterocycles. The molecule has 4 nitrogen and oxygen atoms in total. The molecule has 32 heavy (non-hydrogen) atoms. The second-order valence-corrected chi connectivity index (χ2v) is 9.28. The lowest BCUT2D eigenvalue weighted by molar-refractivity contribution is 0.0344. The van der Waals surface area contributed by atoms with Crippen LogP contribution in [0.1, 0.15) is 5.56 Å². The Morgan fingerprint density at radius 2 is 1.53 bits per heavy atom. The Kier molecular flexibility index (Phi) is 6.21. The zero-order valence-corrected chi connectivity index (χ0v) is 19.5. The molecule has 0 aromatic heterocycles. The van der Waals surface area contributed by atoms with Crippen molar-refractivity contribution in [1.29, 1.82) is 0 Å². The quantitative estimate of drug-likeness (QED) is 0.368. The fourth-order valence-electron chi connectivity index (χ4n) is 4.44. The van der Waals surface area contributed by atoms with E-state index in [-0.39, 0.29) is 0 Å². The predicted molar refractivity (Wildman–Crippen MR) is 138 cm³/mol. The van der Waals surface area contributed by atoms with Crippen LogP contribution in [0.25, 0.3) is 21.5 Å². The molecule has 1 fully saturated rings. The summed E-state index contributed by atoms with van der Waals surface area (Å²) in [5.41, 5.74) is 3.76. The van der Waals surface area contributed by atoms with Gasteiger partial charge in [-0.1, -0.05) is 54.6 Å². The van der Waals surface area contributed by atoms with Crippen LogP contribution in [0.5, 0.6) is 0 Å². The number of fused-ring (bicyclic) bond motifs is 2. The first-order chi connectivity index (χ1) is 15.7. The van der Waals surface area contributed by atoms with Crippen LogP contribution in [0.15, 0.2) is 77.7 Å². The average molecular weight is 444 g/mol. The summed E-state index contributed by atoms with van der Waals surface area (Å²) in [6.45, 7) is 4.62. The summed E-state index contributed by atoms with van der Waals surface area (Å²) in [6.07, 6.45) is 0. The van der Waals surface area contributed by atoms with Gasteiger partial charge < -0.3 is 14.4 Å². The van der Waals surface area contributed by atoms with Gasteiger partial charge >= 0.3 is 0 Å². The van der Waals surface area contributed by atoms with Crippen LogP contribution in [0.3, 0.4) is 0 Å². The number of ether oxygens (including phenoxy) is 1. The van der Waals surface area contributed by atoms with Crippen LogP contribution in [0.4, 0.5) is 11.4 Å². The van der Waals surface area contributed by atoms with Gasteiger partial charge in [0, 0.05) is 55.1 Å². The summed E-state index contributed by atoms with van der Waals surface area (Å²) in [5.74, 6) is 0. The molecule has 1 aliphatic heterocycles. The van der Waals surface area contributed by atoms with Crippen molar-refractivity contribution in [1.82, 2.24) is 4.90 Å². The Bertz CT molecular complexity index is 1230. The summed E-state index contributed by atoms with van der Waals surface area (Å²) in [4.78, 5) is 5.88. The highest BCUT2D eigenvalue weighted by Gasteiger charge is 2.14. The van der Waals surface area contributed by atoms with Crippen LogP contribution in [0, 0.1) is 0 Å². The molecular formula is C27H29N3OS. The zero-order valence-electron chi connectivity index (χ0n) is 18.7. The smallest absolute Gasteiger partial charge is 0.0594 e. The highest BCUT2D eigenvalue weighted by Crippen LogP contribution is 2.35. The lowest BCUT2D eigenvalue weighted by Gasteiger charge is -2.27. The highest BCUT2D eigenvalue weighted by atomic mass is 32.2. The second kappa shape index (κ2) is 9.41. The van der Waals surface area contributed by atoms with Gasteiger partial charge in [0.15, 0.2) is 0 Å². The van der Waals surface area contributed by atoms with E-state index in [1.807, 2.05) is 0 Å². The number of hydrogen-bond acceptors (Lipinski definition) is 5. The van der Waals surface area contributed by atoms with Crippen molar-refractivity contribution in [2.24, 2.45) is 0 Å². The molecule has 0 saturated carbocycles. The monoisotopic (exact) mass is 443 g/mol. The molecule has 1 aliphatic rings. The number of nitrogens with zero attached hydrogens (tertiary/aromatic N) is 2. The molecule has 0 radical (unpaired) electrons. The topological polar surface area (TPSA) is 27.7 Å². The van der Waals surface area contributed by atoms with Crippen molar-refractivity contribution in [2.75, 3.05) is 50.0 Å². The number of hydrogen-bond donors (Lipinski definition) is 1. The van der Waals surface area contributed by atoms with Crippen LogP contribution in [-0.2, 0) is 11.3 Å². The third-order valence-electron chi connectivity index (χ3n) is 6.12. The maximum atomic E-state index is 5.51. The molecule has 0 amide bonds. The minimum atomic E-state index is 0.828. The fourth-order valence-corrected chi connectivity index (χ4v) is 5.27. The first-order valence-corrected chi connectivity index (χ1v) is 11.9. The molecule has 5 rings (SSSR count). The molecule has 1 saturated heterocycles. The van der Waals surface area contributed by atoms with Crippen LogP contribution >= 0.6 is 11.9 Å².